The molecule has 0 saturated carbocycles. The van der Waals surface area contributed by atoms with Gasteiger partial charge in [-0.25, -0.2) is 0 Å². The number of rotatable bonds is 5. The summed E-state index contributed by atoms with van der Waals surface area (Å²) >= 11 is 2.98. The number of carbonyl (C=O) groups excluding carboxylic acids is 2. The van der Waals surface area contributed by atoms with Gasteiger partial charge >= 0.3 is 0 Å². The van der Waals surface area contributed by atoms with Crippen LogP contribution in [0, 0.1) is 0 Å². The Morgan fingerprint density at radius 3 is 2.36 bits per heavy atom. The first-order valence-electron chi connectivity index (χ1n) is 9.19. The smallest absolute Gasteiger partial charge is 0.272 e. The molecule has 2 aromatic carbocycles. The van der Waals surface area contributed by atoms with Crippen molar-refractivity contribution >= 4 is 34.9 Å². The lowest BCUT2D eigenvalue weighted by atomic mass is 10.1. The maximum absolute atomic E-state index is 12.9. The summed E-state index contributed by atoms with van der Waals surface area (Å²) in [7, 11) is 0. The number of fused-ring (bicyclic) bond motifs is 1. The van der Waals surface area contributed by atoms with Crippen LogP contribution in [0.3, 0.4) is 0 Å². The first-order valence-corrected chi connectivity index (χ1v) is 10.9. The highest BCUT2D eigenvalue weighted by molar-refractivity contribution is 8.00. The maximum atomic E-state index is 12.9. The number of thioether (sulfide) groups is 1. The fraction of sp³-hybridized carbons (Fsp3) is 0.182. The van der Waals surface area contributed by atoms with Gasteiger partial charge in [0.15, 0.2) is 0 Å². The van der Waals surface area contributed by atoms with Crippen molar-refractivity contribution in [3.8, 4) is 0 Å². The number of hydrogen-bond acceptors (Lipinski definition) is 4. The van der Waals surface area contributed by atoms with Crippen LogP contribution < -0.4 is 10.9 Å². The molecule has 0 saturated heterocycles. The average molecular weight is 409 g/mol. The van der Waals surface area contributed by atoms with E-state index in [0.29, 0.717) is 4.88 Å². The van der Waals surface area contributed by atoms with Gasteiger partial charge in [0.1, 0.15) is 5.25 Å². The number of nitrogens with one attached hydrogen (secondary N) is 2. The second-order valence-corrected chi connectivity index (χ2v) is 8.89. The first kappa shape index (κ1) is 18.8. The number of benzene rings is 2. The van der Waals surface area contributed by atoms with Crippen LogP contribution in [0.2, 0.25) is 0 Å². The molecule has 0 radical (unpaired) electrons. The fourth-order valence-corrected chi connectivity index (χ4v) is 5.42. The molecule has 2 amide bonds. The van der Waals surface area contributed by atoms with Gasteiger partial charge < -0.3 is 0 Å². The Bertz CT molecular complexity index is 949. The number of hydrogen-bond donors (Lipinski definition) is 2. The lowest BCUT2D eigenvalue weighted by Crippen LogP contribution is -2.43. The first-order chi connectivity index (χ1) is 13.7. The van der Waals surface area contributed by atoms with Crippen LogP contribution in [0.15, 0.2) is 71.6 Å². The monoisotopic (exact) mass is 408 g/mol. The molecule has 1 heterocycles. The van der Waals surface area contributed by atoms with Crippen molar-refractivity contribution in [3.05, 3.63) is 87.6 Å². The average Bonchev–Trinajstić information content (AvgIpc) is 3.34. The van der Waals surface area contributed by atoms with Gasteiger partial charge in [-0.2, -0.15) is 0 Å². The van der Waals surface area contributed by atoms with Crippen molar-refractivity contribution in [2.45, 2.75) is 29.4 Å². The minimum atomic E-state index is -0.461. The number of hydrazine groups is 1. The summed E-state index contributed by atoms with van der Waals surface area (Å²) in [6, 6.07) is 21.3. The Morgan fingerprint density at radius 1 is 0.929 bits per heavy atom. The maximum Gasteiger partial charge on any atom is 0.279 e. The third-order valence-electron chi connectivity index (χ3n) is 4.61. The quantitative estimate of drug-likeness (QED) is 0.482. The summed E-state index contributed by atoms with van der Waals surface area (Å²) in [5, 5.41) is -0.461. The highest BCUT2D eigenvalue weighted by atomic mass is 32.2. The molecule has 1 aromatic heterocycles. The van der Waals surface area contributed by atoms with Gasteiger partial charge in [-0.3, -0.25) is 20.4 Å². The largest absolute Gasteiger partial charge is 0.279 e. The van der Waals surface area contributed by atoms with Gasteiger partial charge in [0, 0.05) is 9.77 Å². The third kappa shape index (κ3) is 4.29. The topological polar surface area (TPSA) is 58.2 Å². The van der Waals surface area contributed by atoms with E-state index in [2.05, 4.69) is 10.9 Å². The zero-order chi connectivity index (χ0) is 19.3. The number of aryl methyl sites for hydroxylation is 2. The Kier molecular flexibility index (Phi) is 5.78. The van der Waals surface area contributed by atoms with E-state index in [1.165, 1.54) is 33.5 Å². The van der Waals surface area contributed by atoms with Crippen molar-refractivity contribution in [3.63, 3.8) is 0 Å². The van der Waals surface area contributed by atoms with Crippen LogP contribution in [0.25, 0.3) is 0 Å². The molecule has 28 heavy (non-hydrogen) atoms. The van der Waals surface area contributed by atoms with Crippen molar-refractivity contribution in [2.24, 2.45) is 0 Å². The zero-order valence-corrected chi connectivity index (χ0v) is 16.8. The number of thiophene rings is 1. The van der Waals surface area contributed by atoms with Crippen LogP contribution in [0.4, 0.5) is 0 Å². The molecule has 0 fully saturated rings. The lowest BCUT2D eigenvalue weighted by molar-refractivity contribution is -0.121. The SMILES string of the molecule is O=C(NNC(=O)[C@H](Sc1ccccc1)c1ccccc1)c1cc2c(s1)CCC2. The molecule has 1 atom stereocenters. The fourth-order valence-electron chi connectivity index (χ4n) is 3.22. The van der Waals surface area contributed by atoms with E-state index < -0.39 is 5.25 Å². The minimum absolute atomic E-state index is 0.252. The Labute approximate surface area is 172 Å². The van der Waals surface area contributed by atoms with Crippen LogP contribution in [0.1, 0.15) is 37.3 Å². The predicted octanol–water partition coefficient (Wildman–Crippen LogP) is 4.53. The summed E-state index contributed by atoms with van der Waals surface area (Å²) in [5.74, 6) is -0.512. The molecular weight excluding hydrogens is 388 g/mol. The van der Waals surface area contributed by atoms with Crippen LogP contribution in [0.5, 0.6) is 0 Å². The molecule has 2 N–H and O–H groups in total. The molecule has 142 valence electrons. The zero-order valence-electron chi connectivity index (χ0n) is 15.2. The Balaban J connectivity index is 1.45. The van der Waals surface area contributed by atoms with Crippen molar-refractivity contribution in [1.29, 1.82) is 0 Å². The molecule has 1 aliphatic carbocycles. The van der Waals surface area contributed by atoms with Crippen LogP contribution in [-0.2, 0) is 17.6 Å². The highest BCUT2D eigenvalue weighted by Gasteiger charge is 2.23. The minimum Gasteiger partial charge on any atom is -0.272 e. The van der Waals surface area contributed by atoms with Gasteiger partial charge in [0.25, 0.3) is 11.8 Å². The predicted molar refractivity (Wildman–Crippen MR) is 113 cm³/mol. The van der Waals surface area contributed by atoms with Gasteiger partial charge in [-0.05, 0) is 48.6 Å². The molecule has 0 bridgehead atoms. The van der Waals surface area contributed by atoms with E-state index in [1.54, 1.807) is 0 Å². The van der Waals surface area contributed by atoms with Gasteiger partial charge in [0.05, 0.1) is 4.88 Å². The van der Waals surface area contributed by atoms with E-state index in [4.69, 9.17) is 0 Å². The summed E-state index contributed by atoms with van der Waals surface area (Å²) in [5.41, 5.74) is 7.35. The number of carbonyl (C=O) groups is 2. The second-order valence-electron chi connectivity index (χ2n) is 6.58. The Morgan fingerprint density at radius 2 is 1.64 bits per heavy atom. The summed E-state index contributed by atoms with van der Waals surface area (Å²) < 4.78 is 0. The summed E-state index contributed by atoms with van der Waals surface area (Å²) in [4.78, 5) is 28.3. The van der Waals surface area contributed by atoms with Gasteiger partial charge in [0.2, 0.25) is 0 Å². The third-order valence-corrected chi connectivity index (χ3v) is 7.11. The van der Waals surface area contributed by atoms with E-state index >= 15 is 0 Å². The van der Waals surface area contributed by atoms with Crippen molar-refractivity contribution in [1.82, 2.24) is 10.9 Å². The van der Waals surface area contributed by atoms with E-state index in [-0.39, 0.29) is 11.8 Å². The molecule has 0 spiro atoms. The molecule has 3 aromatic rings. The molecular formula is C22H20N2O2S2. The second kappa shape index (κ2) is 8.63. The normalized spacial score (nSPS) is 13.6. The van der Waals surface area contributed by atoms with Gasteiger partial charge in [-0.1, -0.05) is 48.5 Å². The summed E-state index contributed by atoms with van der Waals surface area (Å²) in [6.45, 7) is 0. The van der Waals surface area contributed by atoms with E-state index in [1.807, 2.05) is 66.7 Å². The van der Waals surface area contributed by atoms with Crippen LogP contribution in [-0.4, -0.2) is 11.8 Å². The molecule has 4 rings (SSSR count). The standard InChI is InChI=1S/C22H20N2O2S2/c25-21(19-14-16-10-7-13-18(16)28-19)23-24-22(26)20(15-8-3-1-4-9-15)27-17-11-5-2-6-12-17/h1-6,8-9,11-12,14,20H,7,10,13H2,(H,23,25)(H,24,26)/t20-/m1/s1. The molecule has 6 heteroatoms. The van der Waals surface area contributed by atoms with E-state index in [9.17, 15) is 9.59 Å². The van der Waals surface area contributed by atoms with Crippen molar-refractivity contribution in [2.75, 3.05) is 0 Å². The van der Waals surface area contributed by atoms with Crippen molar-refractivity contribution < 1.29 is 9.59 Å². The van der Waals surface area contributed by atoms with Gasteiger partial charge in [-0.15, -0.1) is 23.1 Å². The lowest BCUT2D eigenvalue weighted by Gasteiger charge is -2.17. The Hall–Kier alpha value is -2.57. The number of amides is 2. The summed E-state index contributed by atoms with van der Waals surface area (Å²) in [6.07, 6.45) is 3.24. The highest BCUT2D eigenvalue weighted by Crippen LogP contribution is 2.35. The molecule has 0 unspecified atom stereocenters. The molecule has 0 aliphatic heterocycles. The molecule has 4 nitrogen and oxygen atoms in total. The van der Waals surface area contributed by atoms with Crippen LogP contribution >= 0.6 is 23.1 Å². The van der Waals surface area contributed by atoms with E-state index in [0.717, 1.165) is 29.7 Å². The molecule has 1 aliphatic rings.